The first kappa shape index (κ1) is 21.8. The zero-order valence-electron chi connectivity index (χ0n) is 15.8. The fourth-order valence-corrected chi connectivity index (χ4v) is 3.68. The van der Waals surface area contributed by atoms with Crippen LogP contribution < -0.4 is 4.74 Å². The van der Waals surface area contributed by atoms with E-state index in [1.807, 2.05) is 6.07 Å². The smallest absolute Gasteiger partial charge is 0.423 e. The van der Waals surface area contributed by atoms with Gasteiger partial charge in [-0.2, -0.15) is 27.2 Å². The first-order chi connectivity index (χ1) is 14.1. The Morgan fingerprint density at radius 3 is 1.97 bits per heavy atom. The summed E-state index contributed by atoms with van der Waals surface area (Å²) < 4.78 is 69.9. The number of hydrogen-bond acceptors (Lipinski definition) is 3. The van der Waals surface area contributed by atoms with Crippen LogP contribution in [0.3, 0.4) is 0 Å². The molecule has 1 aliphatic carbocycles. The van der Waals surface area contributed by atoms with Crippen LogP contribution in [0.5, 0.6) is 5.75 Å². The average Bonchev–Trinajstić information content (AvgIpc) is 2.73. The predicted molar refractivity (Wildman–Crippen MR) is 98.3 cm³/mol. The van der Waals surface area contributed by atoms with Gasteiger partial charge in [-0.15, -0.1) is 0 Å². The summed E-state index contributed by atoms with van der Waals surface area (Å²) >= 11 is 0. The second-order valence-corrected chi connectivity index (χ2v) is 7.32. The minimum Gasteiger partial charge on any atom is -0.423 e. The lowest BCUT2D eigenvalue weighted by molar-refractivity contribution is -0.305. The van der Waals surface area contributed by atoms with Crippen molar-refractivity contribution in [3.63, 3.8) is 0 Å². The molecular formula is C22H18F5NO2. The van der Waals surface area contributed by atoms with Gasteiger partial charge in [0.25, 0.3) is 0 Å². The molecule has 0 amide bonds. The van der Waals surface area contributed by atoms with E-state index in [2.05, 4.69) is 0 Å². The molecule has 0 heterocycles. The van der Waals surface area contributed by atoms with Crippen LogP contribution in [-0.2, 0) is 0 Å². The lowest BCUT2D eigenvalue weighted by Crippen LogP contribution is -2.44. The van der Waals surface area contributed by atoms with Gasteiger partial charge in [0, 0.05) is 5.92 Å². The maximum Gasteiger partial charge on any atom is 0.453 e. The summed E-state index contributed by atoms with van der Waals surface area (Å²) in [5, 5.41) is 8.77. The van der Waals surface area contributed by atoms with Crippen LogP contribution in [0.4, 0.5) is 22.0 Å². The Morgan fingerprint density at radius 2 is 1.47 bits per heavy atom. The van der Waals surface area contributed by atoms with E-state index in [1.165, 1.54) is 36.4 Å². The molecule has 158 valence electrons. The minimum atomic E-state index is -5.53. The van der Waals surface area contributed by atoms with E-state index in [1.54, 1.807) is 12.1 Å². The maximum absolute atomic E-state index is 13.5. The van der Waals surface area contributed by atoms with E-state index in [0.717, 1.165) is 5.56 Å². The molecule has 30 heavy (non-hydrogen) atoms. The molecule has 0 aromatic heterocycles. The van der Waals surface area contributed by atoms with E-state index < -0.39 is 24.0 Å². The third-order valence-electron chi connectivity index (χ3n) is 5.43. The Bertz CT molecular complexity index is 922. The van der Waals surface area contributed by atoms with Crippen LogP contribution in [0.25, 0.3) is 0 Å². The predicted octanol–water partition coefficient (Wildman–Crippen LogP) is 6.25. The van der Waals surface area contributed by atoms with Crippen LogP contribution in [-0.4, -0.2) is 18.1 Å². The third-order valence-corrected chi connectivity index (χ3v) is 5.43. The van der Waals surface area contributed by atoms with Crippen molar-refractivity contribution >= 4 is 5.97 Å². The molecule has 0 spiro atoms. The Kier molecular flexibility index (Phi) is 6.11. The van der Waals surface area contributed by atoms with Gasteiger partial charge < -0.3 is 4.74 Å². The highest BCUT2D eigenvalue weighted by atomic mass is 19.4. The molecule has 0 N–H and O–H groups in total. The number of ether oxygens (including phenoxy) is 1. The average molecular weight is 423 g/mol. The third kappa shape index (κ3) is 4.61. The largest absolute Gasteiger partial charge is 0.453 e. The molecule has 1 saturated carbocycles. The number of hydrogen-bond donors (Lipinski definition) is 0. The number of alkyl halides is 5. The Morgan fingerprint density at radius 1 is 0.900 bits per heavy atom. The van der Waals surface area contributed by atoms with Crippen molar-refractivity contribution in [2.45, 2.75) is 43.7 Å². The SMILES string of the molecule is N#Cc1ccc(OC(=O)c2ccc(C3CCC(C(F)(F)C(F)(F)F)CC3)cc2)cc1. The highest BCUT2D eigenvalue weighted by Gasteiger charge is 2.62. The minimum absolute atomic E-state index is 0.131. The molecule has 3 rings (SSSR count). The van der Waals surface area contributed by atoms with Crippen molar-refractivity contribution in [3.8, 4) is 11.8 Å². The molecule has 0 radical (unpaired) electrons. The molecule has 0 atom stereocenters. The molecular weight excluding hydrogens is 405 g/mol. The Labute approximate surface area is 170 Å². The summed E-state index contributed by atoms with van der Waals surface area (Å²) in [6, 6.07) is 14.4. The zero-order chi connectivity index (χ0) is 21.9. The number of carbonyl (C=O) groups is 1. The van der Waals surface area contributed by atoms with Gasteiger partial charge in [0.2, 0.25) is 0 Å². The highest BCUT2D eigenvalue weighted by Crippen LogP contribution is 2.49. The van der Waals surface area contributed by atoms with Crippen molar-refractivity contribution in [3.05, 3.63) is 65.2 Å². The number of nitriles is 1. The van der Waals surface area contributed by atoms with Gasteiger partial charge in [0.05, 0.1) is 17.2 Å². The summed E-state index contributed by atoms with van der Waals surface area (Å²) in [6.07, 6.45) is -5.49. The van der Waals surface area contributed by atoms with Crippen molar-refractivity contribution < 1.29 is 31.5 Å². The highest BCUT2D eigenvalue weighted by molar-refractivity contribution is 5.91. The Balaban J connectivity index is 1.59. The molecule has 2 aromatic carbocycles. The van der Waals surface area contributed by atoms with Gasteiger partial charge >= 0.3 is 18.1 Å². The van der Waals surface area contributed by atoms with Gasteiger partial charge in [-0.25, -0.2) is 4.79 Å². The van der Waals surface area contributed by atoms with E-state index in [4.69, 9.17) is 10.00 Å². The topological polar surface area (TPSA) is 50.1 Å². The molecule has 1 aliphatic rings. The molecule has 8 heteroatoms. The number of carbonyl (C=O) groups excluding carboxylic acids is 1. The summed E-state index contributed by atoms with van der Waals surface area (Å²) in [6.45, 7) is 0. The number of halogens is 5. The molecule has 0 aliphatic heterocycles. The van der Waals surface area contributed by atoms with E-state index in [0.29, 0.717) is 5.56 Å². The molecule has 0 unspecified atom stereocenters. The van der Waals surface area contributed by atoms with E-state index in [9.17, 15) is 26.7 Å². The monoisotopic (exact) mass is 423 g/mol. The fourth-order valence-electron chi connectivity index (χ4n) is 3.68. The van der Waals surface area contributed by atoms with Gasteiger partial charge in [-0.3, -0.25) is 0 Å². The second-order valence-electron chi connectivity index (χ2n) is 7.32. The standard InChI is InChI=1S/C22H18F5NO2/c23-21(24,22(25,26)27)18-9-7-16(8-10-18)15-3-5-17(6-4-15)20(29)30-19-11-1-14(13-28)2-12-19/h1-6,11-12,16,18H,7-10H2. The molecule has 1 fully saturated rings. The van der Waals surface area contributed by atoms with Crippen LogP contribution in [0, 0.1) is 17.2 Å². The quantitative estimate of drug-likeness (QED) is 0.332. The van der Waals surface area contributed by atoms with Gasteiger partial charge in [0.1, 0.15) is 5.75 Å². The summed E-state index contributed by atoms with van der Waals surface area (Å²) in [4.78, 5) is 12.2. The lowest BCUT2D eigenvalue weighted by atomic mass is 9.76. The molecule has 3 nitrogen and oxygen atoms in total. The van der Waals surface area contributed by atoms with E-state index in [-0.39, 0.29) is 42.9 Å². The number of esters is 1. The van der Waals surface area contributed by atoms with Gasteiger partial charge in [-0.1, -0.05) is 12.1 Å². The van der Waals surface area contributed by atoms with Crippen molar-refractivity contribution in [2.24, 2.45) is 5.92 Å². The van der Waals surface area contributed by atoms with Crippen LogP contribution in [0.15, 0.2) is 48.5 Å². The second kappa shape index (κ2) is 8.42. The summed E-state index contributed by atoms with van der Waals surface area (Å²) in [7, 11) is 0. The number of rotatable bonds is 4. The van der Waals surface area contributed by atoms with Crippen molar-refractivity contribution in [1.29, 1.82) is 5.26 Å². The summed E-state index contributed by atoms with van der Waals surface area (Å²) in [5.74, 6) is -6.81. The molecule has 2 aromatic rings. The van der Waals surface area contributed by atoms with E-state index >= 15 is 0 Å². The lowest BCUT2D eigenvalue weighted by Gasteiger charge is -2.34. The fraction of sp³-hybridized carbons (Fsp3) is 0.364. The zero-order valence-corrected chi connectivity index (χ0v) is 15.8. The maximum atomic E-state index is 13.5. The molecule has 0 bridgehead atoms. The number of nitrogens with zero attached hydrogens (tertiary/aromatic N) is 1. The van der Waals surface area contributed by atoms with Gasteiger partial charge in [-0.05, 0) is 73.6 Å². The molecule has 0 saturated heterocycles. The van der Waals surface area contributed by atoms with Crippen LogP contribution in [0.1, 0.15) is 53.1 Å². The van der Waals surface area contributed by atoms with Crippen LogP contribution >= 0.6 is 0 Å². The van der Waals surface area contributed by atoms with Crippen LogP contribution in [0.2, 0.25) is 0 Å². The van der Waals surface area contributed by atoms with Gasteiger partial charge in [0.15, 0.2) is 0 Å². The number of benzene rings is 2. The van der Waals surface area contributed by atoms with Crippen molar-refractivity contribution in [1.82, 2.24) is 0 Å². The summed E-state index contributed by atoms with van der Waals surface area (Å²) in [5.41, 5.74) is 1.50. The normalized spacial score (nSPS) is 19.7. The first-order valence-corrected chi connectivity index (χ1v) is 9.38. The van der Waals surface area contributed by atoms with Crippen molar-refractivity contribution in [2.75, 3.05) is 0 Å². The Hall–Kier alpha value is -2.95. The first-order valence-electron chi connectivity index (χ1n) is 9.38.